The van der Waals surface area contributed by atoms with Crippen LogP contribution >= 0.6 is 11.6 Å². The molecule has 1 aliphatic carbocycles. The van der Waals surface area contributed by atoms with E-state index in [4.69, 9.17) is 17.3 Å². The minimum atomic E-state index is -3.95. The van der Waals surface area contributed by atoms with E-state index >= 15 is 0 Å². The zero-order valence-electron chi connectivity index (χ0n) is 11.2. The molecule has 0 bridgehead atoms. The number of hydrogen-bond acceptors (Lipinski definition) is 3. The molecule has 7 heteroatoms. The second-order valence-corrected chi connectivity index (χ2v) is 7.33. The van der Waals surface area contributed by atoms with Gasteiger partial charge in [-0.2, -0.15) is 0 Å². The highest BCUT2D eigenvalue weighted by molar-refractivity contribution is 7.89. The Balaban J connectivity index is 2.24. The maximum Gasteiger partial charge on any atom is 0.243 e. The Morgan fingerprint density at radius 1 is 1.50 bits per heavy atom. The number of nitrogen functional groups attached to an aromatic ring is 1. The third-order valence-corrected chi connectivity index (χ3v) is 5.19. The zero-order valence-corrected chi connectivity index (χ0v) is 12.8. The highest BCUT2D eigenvalue weighted by Crippen LogP contribution is 2.34. The molecule has 1 fully saturated rings. The van der Waals surface area contributed by atoms with Crippen LogP contribution in [-0.2, 0) is 10.0 Å². The van der Waals surface area contributed by atoms with E-state index in [2.05, 4.69) is 4.72 Å². The number of hydrogen-bond donors (Lipinski definition) is 2. The van der Waals surface area contributed by atoms with Gasteiger partial charge >= 0.3 is 0 Å². The number of benzene rings is 1. The summed E-state index contributed by atoms with van der Waals surface area (Å²) in [5.74, 6) is -0.375. The lowest BCUT2D eigenvalue weighted by atomic mass is 10.1. The lowest BCUT2D eigenvalue weighted by Gasteiger charge is -2.17. The molecule has 2 rings (SSSR count). The van der Waals surface area contributed by atoms with Gasteiger partial charge in [0.15, 0.2) is 5.82 Å². The molecule has 1 atom stereocenters. The molecule has 0 aromatic heterocycles. The summed E-state index contributed by atoms with van der Waals surface area (Å²) in [7, 11) is -3.95. The Labute approximate surface area is 123 Å². The van der Waals surface area contributed by atoms with Crippen molar-refractivity contribution >= 4 is 27.3 Å². The van der Waals surface area contributed by atoms with Crippen LogP contribution in [0, 0.1) is 11.7 Å². The monoisotopic (exact) mass is 320 g/mol. The first-order chi connectivity index (χ1) is 9.33. The Kier molecular flexibility index (Phi) is 4.56. The Morgan fingerprint density at radius 2 is 2.15 bits per heavy atom. The molecule has 0 radical (unpaired) electrons. The normalized spacial score (nSPS) is 17.1. The number of nitrogens with one attached hydrogen (secondary N) is 1. The Bertz CT molecular complexity index is 603. The number of halogens is 2. The van der Waals surface area contributed by atoms with E-state index in [-0.39, 0.29) is 16.8 Å². The Hall–Kier alpha value is -0.850. The van der Waals surface area contributed by atoms with Gasteiger partial charge in [0.25, 0.3) is 0 Å². The van der Waals surface area contributed by atoms with Crippen LogP contribution < -0.4 is 10.5 Å². The fourth-order valence-electron chi connectivity index (χ4n) is 2.12. The van der Waals surface area contributed by atoms with Gasteiger partial charge in [0.05, 0.1) is 5.69 Å². The van der Waals surface area contributed by atoms with Crippen molar-refractivity contribution in [3.05, 3.63) is 23.0 Å². The van der Waals surface area contributed by atoms with Gasteiger partial charge in [-0.15, -0.1) is 0 Å². The smallest absolute Gasteiger partial charge is 0.243 e. The summed E-state index contributed by atoms with van der Waals surface area (Å²) >= 11 is 5.75. The third-order valence-electron chi connectivity index (χ3n) is 3.45. The van der Waals surface area contributed by atoms with Crippen LogP contribution in [-0.4, -0.2) is 14.5 Å². The molecule has 1 saturated carbocycles. The van der Waals surface area contributed by atoms with Crippen LogP contribution in [0.15, 0.2) is 17.0 Å². The highest BCUT2D eigenvalue weighted by Gasteiger charge is 2.29. The van der Waals surface area contributed by atoms with Gasteiger partial charge in [-0.25, -0.2) is 17.5 Å². The van der Waals surface area contributed by atoms with Crippen LogP contribution in [0.1, 0.15) is 32.6 Å². The molecular formula is C13H18ClFN2O2S. The van der Waals surface area contributed by atoms with Gasteiger partial charge in [0.2, 0.25) is 10.0 Å². The average Bonchev–Trinajstić information content (AvgIpc) is 3.16. The summed E-state index contributed by atoms with van der Waals surface area (Å²) in [6.45, 7) is 1.90. The molecule has 4 nitrogen and oxygen atoms in total. The summed E-state index contributed by atoms with van der Waals surface area (Å²) in [6.07, 6.45) is 3.72. The first kappa shape index (κ1) is 15.5. The second kappa shape index (κ2) is 5.87. The molecule has 0 aliphatic heterocycles. The number of nitrogens with two attached hydrogens (primary N) is 1. The SMILES string of the molecule is CCC(CC1CC1)NS(=O)(=O)c1cc(Cl)cc(N)c1F. The molecule has 20 heavy (non-hydrogen) atoms. The molecule has 112 valence electrons. The average molecular weight is 321 g/mol. The summed E-state index contributed by atoms with van der Waals surface area (Å²) in [5.41, 5.74) is 5.15. The summed E-state index contributed by atoms with van der Waals surface area (Å²) in [5, 5.41) is 0.0968. The topological polar surface area (TPSA) is 72.2 Å². The molecular weight excluding hydrogens is 303 g/mol. The molecule has 0 saturated heterocycles. The predicted octanol–water partition coefficient (Wildman–Crippen LogP) is 2.92. The first-order valence-electron chi connectivity index (χ1n) is 6.60. The zero-order chi connectivity index (χ0) is 14.9. The van der Waals surface area contributed by atoms with Gasteiger partial charge in [-0.1, -0.05) is 31.4 Å². The van der Waals surface area contributed by atoms with Crippen LogP contribution in [0.2, 0.25) is 5.02 Å². The van der Waals surface area contributed by atoms with E-state index in [1.807, 2.05) is 6.92 Å². The minimum absolute atomic E-state index is 0.0968. The van der Waals surface area contributed by atoms with E-state index in [1.54, 1.807) is 0 Å². The fraction of sp³-hybridized carbons (Fsp3) is 0.538. The van der Waals surface area contributed by atoms with Crippen molar-refractivity contribution in [1.29, 1.82) is 0 Å². The van der Waals surface area contributed by atoms with Crippen LogP contribution in [0.4, 0.5) is 10.1 Å². The Morgan fingerprint density at radius 3 is 2.70 bits per heavy atom. The van der Waals surface area contributed by atoms with Crippen molar-refractivity contribution in [2.24, 2.45) is 5.92 Å². The van der Waals surface area contributed by atoms with E-state index in [0.717, 1.165) is 25.3 Å². The van der Waals surface area contributed by atoms with Gasteiger partial charge in [0, 0.05) is 11.1 Å². The summed E-state index contributed by atoms with van der Waals surface area (Å²) in [4.78, 5) is -0.489. The quantitative estimate of drug-likeness (QED) is 0.792. The summed E-state index contributed by atoms with van der Waals surface area (Å²) in [6, 6.07) is 2.09. The second-order valence-electron chi connectivity index (χ2n) is 5.21. The number of rotatable bonds is 6. The van der Waals surface area contributed by atoms with Crippen molar-refractivity contribution in [1.82, 2.24) is 4.72 Å². The van der Waals surface area contributed by atoms with E-state index < -0.39 is 20.7 Å². The third kappa shape index (κ3) is 3.62. The maximum absolute atomic E-state index is 13.9. The van der Waals surface area contributed by atoms with E-state index in [1.165, 1.54) is 6.07 Å². The van der Waals surface area contributed by atoms with Gasteiger partial charge < -0.3 is 5.73 Å². The summed E-state index contributed by atoms with van der Waals surface area (Å²) < 4.78 is 41.0. The largest absolute Gasteiger partial charge is 0.396 e. The number of anilines is 1. The van der Waals surface area contributed by atoms with Gasteiger partial charge in [-0.3, -0.25) is 0 Å². The van der Waals surface area contributed by atoms with Crippen molar-refractivity contribution in [3.63, 3.8) is 0 Å². The fourth-order valence-corrected chi connectivity index (χ4v) is 3.87. The maximum atomic E-state index is 13.9. The van der Waals surface area contributed by atoms with E-state index in [0.29, 0.717) is 12.3 Å². The molecule has 3 N–H and O–H groups in total. The van der Waals surface area contributed by atoms with E-state index in [9.17, 15) is 12.8 Å². The van der Waals surface area contributed by atoms with Crippen LogP contribution in [0.25, 0.3) is 0 Å². The molecule has 0 amide bonds. The molecule has 0 heterocycles. The first-order valence-corrected chi connectivity index (χ1v) is 8.46. The molecule has 1 aromatic rings. The molecule has 0 spiro atoms. The van der Waals surface area contributed by atoms with Crippen molar-refractivity contribution in [3.8, 4) is 0 Å². The number of sulfonamides is 1. The molecule has 1 unspecified atom stereocenters. The lowest BCUT2D eigenvalue weighted by Crippen LogP contribution is -2.35. The van der Waals surface area contributed by atoms with Crippen molar-refractivity contribution < 1.29 is 12.8 Å². The molecule has 1 aliphatic rings. The molecule has 1 aromatic carbocycles. The predicted molar refractivity (Wildman–Crippen MR) is 77.6 cm³/mol. The van der Waals surface area contributed by atoms with Crippen LogP contribution in [0.5, 0.6) is 0 Å². The van der Waals surface area contributed by atoms with Crippen LogP contribution in [0.3, 0.4) is 0 Å². The highest BCUT2D eigenvalue weighted by atomic mass is 35.5. The van der Waals surface area contributed by atoms with Crippen molar-refractivity contribution in [2.45, 2.75) is 43.5 Å². The standard InChI is InChI=1S/C13H18ClFN2O2S/c1-2-10(5-8-3-4-8)17-20(18,19)12-7-9(14)6-11(16)13(12)15/h6-8,10,17H,2-5,16H2,1H3. The van der Waals surface area contributed by atoms with Crippen molar-refractivity contribution in [2.75, 3.05) is 5.73 Å². The van der Waals surface area contributed by atoms with Gasteiger partial charge in [-0.05, 0) is 30.9 Å². The lowest BCUT2D eigenvalue weighted by molar-refractivity contribution is 0.491. The van der Waals surface area contributed by atoms with Gasteiger partial charge in [0.1, 0.15) is 4.90 Å². The minimum Gasteiger partial charge on any atom is -0.396 e.